The van der Waals surface area contributed by atoms with E-state index in [9.17, 15) is 45.0 Å². The maximum Gasteiger partial charge on any atom is 0.198 e. The van der Waals surface area contributed by atoms with Gasteiger partial charge in [0.2, 0.25) is 0 Å². The monoisotopic (exact) mass is 640 g/mol. The number of Topliss-reactive ketones (excluding diaryl/α,β-unsaturated/α-hetero) is 1. The van der Waals surface area contributed by atoms with Crippen molar-refractivity contribution in [3.05, 3.63) is 57.6 Å². The number of hydrogen-bond acceptors (Lipinski definition) is 11. The van der Waals surface area contributed by atoms with E-state index in [1.807, 2.05) is 22.6 Å². The van der Waals surface area contributed by atoms with Crippen LogP contribution in [0.5, 0.6) is 11.5 Å². The molecule has 0 bridgehead atoms. The first-order valence-electron chi connectivity index (χ1n) is 11.9. The summed E-state index contributed by atoms with van der Waals surface area (Å²) >= 11 is 1.81. The number of ketones is 3. The molecule has 1 heterocycles. The molecule has 1 unspecified atom stereocenters. The van der Waals surface area contributed by atoms with Crippen LogP contribution in [0, 0.1) is 0 Å². The molecule has 38 heavy (non-hydrogen) atoms. The summed E-state index contributed by atoms with van der Waals surface area (Å²) < 4.78 is 10.9. The summed E-state index contributed by atoms with van der Waals surface area (Å²) in [5.74, 6) is -3.76. The van der Waals surface area contributed by atoms with Crippen LogP contribution in [0.15, 0.2) is 24.3 Å². The highest BCUT2D eigenvalue weighted by atomic mass is 127. The summed E-state index contributed by atoms with van der Waals surface area (Å²) in [6.45, 7) is 0.479. The number of alkyl halides is 1. The molecule has 1 aliphatic heterocycles. The van der Waals surface area contributed by atoms with Gasteiger partial charge in [0.15, 0.2) is 23.6 Å². The average molecular weight is 640 g/mol. The number of benzene rings is 2. The van der Waals surface area contributed by atoms with Crippen LogP contribution in [-0.2, 0) is 20.7 Å². The van der Waals surface area contributed by atoms with E-state index in [-0.39, 0.29) is 22.3 Å². The highest BCUT2D eigenvalue weighted by Crippen LogP contribution is 2.52. The Morgan fingerprint density at radius 3 is 2.24 bits per heavy atom. The van der Waals surface area contributed by atoms with Crippen LogP contribution in [-0.4, -0.2) is 88.7 Å². The Kier molecular flexibility index (Phi) is 6.87. The molecule has 2 aromatic carbocycles. The van der Waals surface area contributed by atoms with E-state index in [0.717, 1.165) is 0 Å². The molecule has 7 atom stereocenters. The fourth-order valence-electron chi connectivity index (χ4n) is 5.42. The van der Waals surface area contributed by atoms with Gasteiger partial charge in [-0.15, -0.1) is 0 Å². The summed E-state index contributed by atoms with van der Waals surface area (Å²) in [7, 11) is 0. The van der Waals surface area contributed by atoms with Gasteiger partial charge in [0, 0.05) is 35.1 Å². The summed E-state index contributed by atoms with van der Waals surface area (Å²) in [5, 5.41) is 64.0. The van der Waals surface area contributed by atoms with Gasteiger partial charge in [-0.2, -0.15) is 0 Å². The number of fused-ring (bicyclic) bond motifs is 3. The summed E-state index contributed by atoms with van der Waals surface area (Å²) in [6, 6.07) is 5.93. The Hall–Kier alpha value is -2.46. The van der Waals surface area contributed by atoms with Gasteiger partial charge in [-0.1, -0.05) is 46.9 Å². The van der Waals surface area contributed by atoms with Crippen LogP contribution in [0.25, 0.3) is 0 Å². The minimum Gasteiger partial charge on any atom is -0.507 e. The third-order valence-electron chi connectivity index (χ3n) is 7.50. The lowest BCUT2D eigenvalue weighted by molar-refractivity contribution is -0.259. The number of carbonyl (C=O) groups is 3. The minimum atomic E-state index is -2.26. The van der Waals surface area contributed by atoms with Crippen LogP contribution < -0.4 is 0 Å². The lowest BCUT2D eigenvalue weighted by Gasteiger charge is -2.43. The largest absolute Gasteiger partial charge is 0.507 e. The van der Waals surface area contributed by atoms with Crippen molar-refractivity contribution < 1.29 is 54.5 Å². The number of phenols is 2. The molecule has 0 radical (unpaired) electrons. The predicted molar refractivity (Wildman–Crippen MR) is 136 cm³/mol. The van der Waals surface area contributed by atoms with Gasteiger partial charge in [0.25, 0.3) is 0 Å². The van der Waals surface area contributed by atoms with Crippen LogP contribution in [0.2, 0.25) is 0 Å². The standard InChI is InChI=1S/C26H25IO11/c1-9-19(30)24(35)18(27)25(37-9)38-13-7-26(36,14(29)8-28)6-12-15(13)23(34)17-16(22(12)33)20(31)10-4-2-3-5-11(10)21(17)32/h2-5,9,13,18-19,24-25,28,30,33-36H,6-8H2,1H3/t9-,13-,18?,19-,24-,25-,26-/m0/s1. The molecule has 0 aromatic heterocycles. The Labute approximate surface area is 229 Å². The van der Waals surface area contributed by atoms with Gasteiger partial charge in [0.1, 0.15) is 29.8 Å². The average Bonchev–Trinajstić information content (AvgIpc) is 2.90. The highest BCUT2D eigenvalue weighted by molar-refractivity contribution is 14.1. The maximum atomic E-state index is 13.4. The summed E-state index contributed by atoms with van der Waals surface area (Å²) in [4.78, 5) is 39.3. The molecule has 12 heteroatoms. The Bertz CT molecular complexity index is 1360. The zero-order valence-electron chi connectivity index (χ0n) is 20.0. The zero-order valence-corrected chi connectivity index (χ0v) is 22.2. The van der Waals surface area contributed by atoms with E-state index in [1.165, 1.54) is 19.1 Å². The van der Waals surface area contributed by atoms with Crippen molar-refractivity contribution in [2.24, 2.45) is 0 Å². The van der Waals surface area contributed by atoms with E-state index < -0.39 is 99.7 Å². The molecule has 0 amide bonds. The maximum absolute atomic E-state index is 13.4. The quantitative estimate of drug-likeness (QED) is 0.132. The van der Waals surface area contributed by atoms with E-state index >= 15 is 0 Å². The number of hydrogen-bond donors (Lipinski definition) is 6. The number of rotatable bonds is 4. The van der Waals surface area contributed by atoms with Gasteiger partial charge in [0.05, 0.1) is 33.4 Å². The fraction of sp³-hybridized carbons (Fsp3) is 0.423. The third-order valence-corrected chi connectivity index (χ3v) is 8.83. The second-order valence-corrected chi connectivity index (χ2v) is 11.2. The van der Waals surface area contributed by atoms with Gasteiger partial charge in [-0.3, -0.25) is 14.4 Å². The van der Waals surface area contributed by atoms with E-state index in [4.69, 9.17) is 9.47 Å². The summed E-state index contributed by atoms with van der Waals surface area (Å²) in [6.07, 6.45) is -6.99. The number of aromatic hydroxyl groups is 2. The molecule has 11 nitrogen and oxygen atoms in total. The lowest BCUT2D eigenvalue weighted by atomic mass is 9.72. The number of carbonyl (C=O) groups excluding carboxylic acids is 3. The number of aliphatic hydroxyl groups is 4. The van der Waals surface area contributed by atoms with Crippen LogP contribution >= 0.6 is 22.6 Å². The molecule has 2 aromatic rings. The number of aliphatic hydroxyl groups excluding tert-OH is 3. The van der Waals surface area contributed by atoms with Crippen molar-refractivity contribution in [2.75, 3.05) is 6.61 Å². The Morgan fingerprint density at radius 2 is 1.66 bits per heavy atom. The molecule has 1 saturated heterocycles. The first kappa shape index (κ1) is 27.1. The lowest BCUT2D eigenvalue weighted by Crippen LogP contribution is -2.55. The Morgan fingerprint density at radius 1 is 1.08 bits per heavy atom. The van der Waals surface area contributed by atoms with Crippen molar-refractivity contribution in [1.82, 2.24) is 0 Å². The fourth-order valence-corrected chi connectivity index (χ4v) is 6.19. The van der Waals surface area contributed by atoms with Crippen molar-refractivity contribution >= 4 is 39.9 Å². The first-order valence-corrected chi connectivity index (χ1v) is 13.1. The van der Waals surface area contributed by atoms with E-state index in [2.05, 4.69) is 0 Å². The van der Waals surface area contributed by atoms with Gasteiger partial charge in [-0.25, -0.2) is 0 Å². The molecule has 202 valence electrons. The first-order chi connectivity index (χ1) is 17.9. The van der Waals surface area contributed by atoms with Crippen molar-refractivity contribution in [3.63, 3.8) is 0 Å². The van der Waals surface area contributed by atoms with Gasteiger partial charge in [-0.05, 0) is 6.92 Å². The van der Waals surface area contributed by atoms with Crippen molar-refractivity contribution in [1.29, 1.82) is 0 Å². The molecular formula is C26H25IO11. The van der Waals surface area contributed by atoms with Crippen molar-refractivity contribution in [3.8, 4) is 11.5 Å². The minimum absolute atomic E-state index is 0.0230. The molecule has 0 saturated carbocycles. The molecule has 3 aliphatic rings. The van der Waals surface area contributed by atoms with E-state index in [1.54, 1.807) is 12.1 Å². The molecular weight excluding hydrogens is 615 g/mol. The zero-order chi connectivity index (χ0) is 27.7. The van der Waals surface area contributed by atoms with Crippen molar-refractivity contribution in [2.45, 2.75) is 60.0 Å². The smallest absolute Gasteiger partial charge is 0.198 e. The highest BCUT2D eigenvalue weighted by Gasteiger charge is 2.51. The van der Waals surface area contributed by atoms with Gasteiger partial charge >= 0.3 is 0 Å². The normalized spacial score (nSPS) is 32.4. The van der Waals surface area contributed by atoms with Crippen LogP contribution in [0.4, 0.5) is 0 Å². The number of ether oxygens (including phenoxy) is 2. The second kappa shape index (κ2) is 9.62. The third kappa shape index (κ3) is 3.97. The van der Waals surface area contributed by atoms with E-state index in [0.29, 0.717) is 0 Å². The van der Waals surface area contributed by atoms with Crippen LogP contribution in [0.1, 0.15) is 62.4 Å². The van der Waals surface area contributed by atoms with Gasteiger partial charge < -0.3 is 40.1 Å². The molecule has 6 N–H and O–H groups in total. The molecule has 1 fully saturated rings. The molecule has 0 spiro atoms. The molecule has 5 rings (SSSR count). The second-order valence-electron chi connectivity index (χ2n) is 9.80. The summed E-state index contributed by atoms with van der Waals surface area (Å²) in [5.41, 5.74) is -3.42. The molecule has 2 aliphatic carbocycles. The Balaban J connectivity index is 1.68. The van der Waals surface area contributed by atoms with Crippen LogP contribution in [0.3, 0.4) is 0 Å². The number of phenolic OH excluding ortho intramolecular Hbond substituents is 2. The number of halogens is 1. The predicted octanol–water partition coefficient (Wildman–Crippen LogP) is 0.440. The topological polar surface area (TPSA) is 191 Å². The SMILES string of the molecule is C[C@@H]1O[C@@H](O[C@H]2C[C@](O)(C(=O)CO)Cc3c(O)c4c(c(O)c32)C(=O)c2ccccc2C4=O)C(I)[C@H](O)[C@H]1O.